The lowest BCUT2D eigenvalue weighted by Gasteiger charge is -2.29. The van der Waals surface area contributed by atoms with Gasteiger partial charge in [-0.3, -0.25) is 9.97 Å². The first-order valence-corrected chi connectivity index (χ1v) is 7.88. The summed E-state index contributed by atoms with van der Waals surface area (Å²) in [5.74, 6) is 0. The highest BCUT2D eigenvalue weighted by Crippen LogP contribution is 2.25. The van der Waals surface area contributed by atoms with Crippen LogP contribution in [-0.4, -0.2) is 36.1 Å². The number of piperidine rings is 1. The minimum absolute atomic E-state index is 0.576. The molecular weight excluding hydrogens is 316 g/mol. The molecule has 0 saturated carbocycles. The summed E-state index contributed by atoms with van der Waals surface area (Å²) in [7, 11) is 2.13. The summed E-state index contributed by atoms with van der Waals surface area (Å²) in [6.45, 7) is 2.15. The zero-order chi connectivity index (χ0) is 13.9. The van der Waals surface area contributed by atoms with Crippen molar-refractivity contribution in [3.63, 3.8) is 0 Å². The zero-order valence-electron chi connectivity index (χ0n) is 11.6. The monoisotopic (exact) mass is 334 g/mol. The Morgan fingerprint density at radius 2 is 2.30 bits per heavy atom. The van der Waals surface area contributed by atoms with E-state index >= 15 is 0 Å². The highest BCUT2D eigenvalue weighted by molar-refractivity contribution is 9.10. The average molecular weight is 335 g/mol. The van der Waals surface area contributed by atoms with Gasteiger partial charge in [-0.25, -0.2) is 0 Å². The molecule has 0 bridgehead atoms. The van der Waals surface area contributed by atoms with Crippen LogP contribution in [0.5, 0.6) is 0 Å². The first-order valence-electron chi connectivity index (χ1n) is 7.09. The van der Waals surface area contributed by atoms with Crippen LogP contribution in [-0.2, 0) is 0 Å². The Kier molecular flexibility index (Phi) is 4.17. The second-order valence-corrected chi connectivity index (χ2v) is 6.29. The van der Waals surface area contributed by atoms with Gasteiger partial charge in [0.1, 0.15) is 5.52 Å². The fourth-order valence-electron chi connectivity index (χ4n) is 2.81. The minimum Gasteiger partial charge on any atom is -0.371 e. The molecule has 0 aromatic carbocycles. The van der Waals surface area contributed by atoms with Crippen LogP contribution in [0.4, 0.5) is 5.69 Å². The van der Waals surface area contributed by atoms with E-state index in [1.807, 2.05) is 24.5 Å². The molecule has 1 unspecified atom stereocenters. The number of pyridine rings is 2. The lowest BCUT2D eigenvalue weighted by molar-refractivity contribution is 0.403. The number of likely N-dealkylation sites (N-methyl/N-ethyl adjacent to an activating group) is 1. The van der Waals surface area contributed by atoms with Gasteiger partial charge in [-0.05, 0) is 47.4 Å². The number of fused-ring (bicyclic) bond motifs is 1. The Morgan fingerprint density at radius 3 is 3.10 bits per heavy atom. The summed E-state index contributed by atoms with van der Waals surface area (Å²) < 4.78 is 0.964. The number of nitrogens with one attached hydrogen (secondary N) is 1. The van der Waals surface area contributed by atoms with Gasteiger partial charge in [-0.1, -0.05) is 6.42 Å². The van der Waals surface area contributed by atoms with Gasteiger partial charge in [0.15, 0.2) is 0 Å². The maximum absolute atomic E-state index is 4.52. The van der Waals surface area contributed by atoms with Gasteiger partial charge in [0.2, 0.25) is 0 Å². The Balaban J connectivity index is 1.85. The van der Waals surface area contributed by atoms with Crippen molar-refractivity contribution in [2.45, 2.75) is 25.3 Å². The second kappa shape index (κ2) is 6.06. The van der Waals surface area contributed by atoms with E-state index in [-0.39, 0.29) is 0 Å². The number of hydrogen-bond acceptors (Lipinski definition) is 4. The molecule has 0 aliphatic carbocycles. The molecule has 106 valence electrons. The zero-order valence-corrected chi connectivity index (χ0v) is 13.2. The highest BCUT2D eigenvalue weighted by atomic mass is 79.9. The van der Waals surface area contributed by atoms with Crippen molar-refractivity contribution >= 4 is 32.7 Å². The molecule has 20 heavy (non-hydrogen) atoms. The molecule has 0 spiro atoms. The van der Waals surface area contributed by atoms with Gasteiger partial charge in [0.05, 0.1) is 11.2 Å². The van der Waals surface area contributed by atoms with Crippen molar-refractivity contribution in [1.82, 2.24) is 15.3 Å². The molecule has 1 fully saturated rings. The van der Waals surface area contributed by atoms with E-state index in [0.717, 1.165) is 34.3 Å². The quantitative estimate of drug-likeness (QED) is 0.936. The first kappa shape index (κ1) is 13.8. The summed E-state index contributed by atoms with van der Waals surface area (Å²) >= 11 is 3.45. The lowest BCUT2D eigenvalue weighted by atomic mass is 10.0. The van der Waals surface area contributed by atoms with E-state index in [9.17, 15) is 0 Å². The van der Waals surface area contributed by atoms with Crippen LogP contribution in [0.15, 0.2) is 29.0 Å². The molecule has 5 heteroatoms. The van der Waals surface area contributed by atoms with Crippen LogP contribution in [0.3, 0.4) is 0 Å². The standard InChI is InChI=1S/C15H19BrN4/c1-20(10-12-4-2-3-6-17-12)14-5-7-18-13-8-11(16)9-19-15(13)14/h5,7-9,12,17H,2-4,6,10H2,1H3. The molecule has 1 N–H and O–H groups in total. The molecule has 2 aromatic rings. The molecule has 3 heterocycles. The van der Waals surface area contributed by atoms with Gasteiger partial charge in [-0.2, -0.15) is 0 Å². The summed E-state index contributed by atoms with van der Waals surface area (Å²) in [4.78, 5) is 11.2. The van der Waals surface area contributed by atoms with Crippen LogP contribution in [0.1, 0.15) is 19.3 Å². The molecule has 1 aliphatic rings. The molecule has 1 atom stereocenters. The number of halogens is 1. The fourth-order valence-corrected chi connectivity index (χ4v) is 3.13. The van der Waals surface area contributed by atoms with Crippen molar-refractivity contribution in [3.8, 4) is 0 Å². The van der Waals surface area contributed by atoms with Crippen molar-refractivity contribution < 1.29 is 0 Å². The normalized spacial score (nSPS) is 19.2. The van der Waals surface area contributed by atoms with E-state index in [4.69, 9.17) is 0 Å². The van der Waals surface area contributed by atoms with E-state index in [2.05, 4.69) is 43.2 Å². The third kappa shape index (κ3) is 2.94. The maximum Gasteiger partial charge on any atom is 0.112 e. The number of hydrogen-bond donors (Lipinski definition) is 1. The summed E-state index contributed by atoms with van der Waals surface area (Å²) in [5.41, 5.74) is 3.05. The predicted molar refractivity (Wildman–Crippen MR) is 86.1 cm³/mol. The van der Waals surface area contributed by atoms with Crippen molar-refractivity contribution in [2.75, 3.05) is 25.0 Å². The first-order chi connectivity index (χ1) is 9.74. The Hall–Kier alpha value is -1.20. The number of aromatic nitrogens is 2. The molecule has 1 aliphatic heterocycles. The molecule has 1 saturated heterocycles. The Morgan fingerprint density at radius 1 is 1.40 bits per heavy atom. The van der Waals surface area contributed by atoms with Crippen LogP contribution in [0.2, 0.25) is 0 Å². The Bertz CT molecular complexity index is 595. The van der Waals surface area contributed by atoms with Gasteiger partial charge >= 0.3 is 0 Å². The van der Waals surface area contributed by atoms with E-state index in [1.54, 1.807) is 0 Å². The fraction of sp³-hybridized carbons (Fsp3) is 0.467. The number of rotatable bonds is 3. The summed E-state index contributed by atoms with van der Waals surface area (Å²) in [6, 6.07) is 4.64. The topological polar surface area (TPSA) is 41.0 Å². The largest absolute Gasteiger partial charge is 0.371 e. The molecular formula is C15H19BrN4. The average Bonchev–Trinajstić information content (AvgIpc) is 2.47. The molecule has 0 amide bonds. The maximum atomic E-state index is 4.52. The molecule has 2 aromatic heterocycles. The van der Waals surface area contributed by atoms with Crippen LogP contribution in [0.25, 0.3) is 11.0 Å². The van der Waals surface area contributed by atoms with Crippen molar-refractivity contribution in [3.05, 3.63) is 29.0 Å². The van der Waals surface area contributed by atoms with Gasteiger partial charge in [0, 0.05) is 36.5 Å². The van der Waals surface area contributed by atoms with Gasteiger partial charge < -0.3 is 10.2 Å². The Labute approximate surface area is 127 Å². The molecule has 0 radical (unpaired) electrons. The molecule has 4 nitrogen and oxygen atoms in total. The van der Waals surface area contributed by atoms with E-state index in [0.29, 0.717) is 6.04 Å². The highest BCUT2D eigenvalue weighted by Gasteiger charge is 2.16. The van der Waals surface area contributed by atoms with Crippen LogP contribution in [0, 0.1) is 0 Å². The van der Waals surface area contributed by atoms with Crippen molar-refractivity contribution in [1.29, 1.82) is 0 Å². The second-order valence-electron chi connectivity index (χ2n) is 5.38. The molecule has 3 rings (SSSR count). The van der Waals surface area contributed by atoms with E-state index in [1.165, 1.54) is 19.3 Å². The summed E-state index contributed by atoms with van der Waals surface area (Å²) in [6.07, 6.45) is 7.57. The SMILES string of the molecule is CN(CC1CCCCN1)c1ccnc2cc(Br)cnc12. The lowest BCUT2D eigenvalue weighted by Crippen LogP contribution is -2.42. The minimum atomic E-state index is 0.576. The number of nitrogens with zero attached hydrogens (tertiary/aromatic N) is 3. The third-order valence-electron chi connectivity index (χ3n) is 3.84. The van der Waals surface area contributed by atoms with E-state index < -0.39 is 0 Å². The predicted octanol–water partition coefficient (Wildman–Crippen LogP) is 2.97. The summed E-state index contributed by atoms with van der Waals surface area (Å²) in [5, 5.41) is 3.59. The third-order valence-corrected chi connectivity index (χ3v) is 4.27. The number of anilines is 1. The van der Waals surface area contributed by atoms with Crippen LogP contribution < -0.4 is 10.2 Å². The van der Waals surface area contributed by atoms with Gasteiger partial charge in [0.25, 0.3) is 0 Å². The van der Waals surface area contributed by atoms with Gasteiger partial charge in [-0.15, -0.1) is 0 Å². The van der Waals surface area contributed by atoms with Crippen molar-refractivity contribution in [2.24, 2.45) is 0 Å². The van der Waals surface area contributed by atoms with Crippen LogP contribution >= 0.6 is 15.9 Å². The smallest absolute Gasteiger partial charge is 0.112 e.